The Kier molecular flexibility index (Phi) is 5.10. The molecule has 1 N–H and O–H groups in total. The zero-order valence-corrected chi connectivity index (χ0v) is 16.8. The lowest BCUT2D eigenvalue weighted by molar-refractivity contribution is 0.0526. The maximum Gasteiger partial charge on any atom is 0.338 e. The number of hydrogen-bond acceptors (Lipinski definition) is 5. The van der Waals surface area contributed by atoms with Crippen molar-refractivity contribution in [1.82, 2.24) is 14.8 Å². The highest BCUT2D eigenvalue weighted by molar-refractivity contribution is 7.99. The molecular formula is C22H18N4O2S. The van der Waals surface area contributed by atoms with Crippen LogP contribution in [0.2, 0.25) is 0 Å². The standard InChI is InChI=1S/C22H18N4O2S/c1-3-28-22(27)15-5-4-6-17(10-15)29-21-18-8-7-14(2)9-19(18)26(20(21)11-23)16-12-24-25-13-16/h4-10,12-13H,3H2,1-2H3,(H,24,25). The normalized spacial score (nSPS) is 10.8. The van der Waals surface area contributed by atoms with Gasteiger partial charge in [-0.25, -0.2) is 4.79 Å². The quantitative estimate of drug-likeness (QED) is 0.482. The number of fused-ring (bicyclic) bond motifs is 1. The Bertz CT molecular complexity index is 1240. The van der Waals surface area contributed by atoms with E-state index >= 15 is 0 Å². The molecule has 144 valence electrons. The van der Waals surface area contributed by atoms with Crippen molar-refractivity contribution in [3.05, 3.63) is 71.7 Å². The van der Waals surface area contributed by atoms with E-state index in [1.165, 1.54) is 11.8 Å². The van der Waals surface area contributed by atoms with E-state index in [0.717, 1.165) is 31.9 Å². The Morgan fingerprint density at radius 3 is 2.90 bits per heavy atom. The van der Waals surface area contributed by atoms with Crippen LogP contribution in [0.3, 0.4) is 0 Å². The van der Waals surface area contributed by atoms with E-state index in [9.17, 15) is 10.1 Å². The number of hydrogen-bond donors (Lipinski definition) is 1. The molecule has 0 saturated carbocycles. The molecule has 0 unspecified atom stereocenters. The van der Waals surface area contributed by atoms with Gasteiger partial charge < -0.3 is 4.74 Å². The number of H-pyrrole nitrogens is 1. The first-order valence-corrected chi connectivity index (χ1v) is 9.93. The predicted molar refractivity (Wildman–Crippen MR) is 111 cm³/mol. The van der Waals surface area contributed by atoms with Gasteiger partial charge in [0.2, 0.25) is 0 Å². The molecular weight excluding hydrogens is 384 g/mol. The van der Waals surface area contributed by atoms with E-state index in [1.54, 1.807) is 31.5 Å². The summed E-state index contributed by atoms with van der Waals surface area (Å²) in [4.78, 5) is 13.8. The second-order valence-electron chi connectivity index (χ2n) is 6.45. The van der Waals surface area contributed by atoms with Crippen LogP contribution in [0.5, 0.6) is 0 Å². The highest BCUT2D eigenvalue weighted by Crippen LogP contribution is 2.40. The summed E-state index contributed by atoms with van der Waals surface area (Å²) in [6.07, 6.45) is 3.46. The lowest BCUT2D eigenvalue weighted by Gasteiger charge is -2.06. The molecule has 7 heteroatoms. The molecule has 0 spiro atoms. The van der Waals surface area contributed by atoms with Crippen LogP contribution in [0.1, 0.15) is 28.5 Å². The van der Waals surface area contributed by atoms with E-state index in [2.05, 4.69) is 22.3 Å². The highest BCUT2D eigenvalue weighted by atomic mass is 32.2. The molecule has 0 amide bonds. The van der Waals surface area contributed by atoms with Crippen LogP contribution >= 0.6 is 11.8 Å². The Morgan fingerprint density at radius 1 is 1.31 bits per heavy atom. The van der Waals surface area contributed by atoms with Gasteiger partial charge in [0.25, 0.3) is 0 Å². The van der Waals surface area contributed by atoms with Gasteiger partial charge in [0, 0.05) is 16.5 Å². The van der Waals surface area contributed by atoms with Crippen molar-refractivity contribution in [2.45, 2.75) is 23.6 Å². The van der Waals surface area contributed by atoms with E-state index in [1.807, 2.05) is 35.8 Å². The molecule has 0 aliphatic carbocycles. The van der Waals surface area contributed by atoms with Gasteiger partial charge in [-0.15, -0.1) is 0 Å². The number of nitriles is 1. The highest BCUT2D eigenvalue weighted by Gasteiger charge is 2.20. The van der Waals surface area contributed by atoms with Gasteiger partial charge in [-0.3, -0.25) is 9.67 Å². The Morgan fingerprint density at radius 2 is 2.17 bits per heavy atom. The third-order valence-corrected chi connectivity index (χ3v) is 5.60. The van der Waals surface area contributed by atoms with E-state index in [4.69, 9.17) is 4.74 Å². The number of aromatic nitrogens is 3. The number of nitrogens with zero attached hydrogens (tertiary/aromatic N) is 3. The molecule has 6 nitrogen and oxygen atoms in total. The number of aromatic amines is 1. The van der Waals surface area contributed by atoms with Crippen molar-refractivity contribution in [1.29, 1.82) is 5.26 Å². The third kappa shape index (κ3) is 3.50. The lowest BCUT2D eigenvalue weighted by atomic mass is 10.2. The Balaban J connectivity index is 1.86. The van der Waals surface area contributed by atoms with E-state index < -0.39 is 0 Å². The number of ether oxygens (including phenoxy) is 1. The molecule has 2 aromatic carbocycles. The summed E-state index contributed by atoms with van der Waals surface area (Å²) in [5, 5.41) is 17.8. The third-order valence-electron chi connectivity index (χ3n) is 4.49. The number of benzene rings is 2. The van der Waals surface area contributed by atoms with Crippen LogP contribution in [0.4, 0.5) is 0 Å². The minimum Gasteiger partial charge on any atom is -0.462 e. The Labute approximate surface area is 172 Å². The average molecular weight is 402 g/mol. The van der Waals surface area contributed by atoms with Gasteiger partial charge in [-0.2, -0.15) is 10.4 Å². The van der Waals surface area contributed by atoms with Crippen LogP contribution in [0.25, 0.3) is 16.6 Å². The Hall–Kier alpha value is -3.50. The largest absolute Gasteiger partial charge is 0.462 e. The fourth-order valence-electron chi connectivity index (χ4n) is 3.23. The predicted octanol–water partition coefficient (Wildman–Crippen LogP) is 4.86. The molecule has 0 fully saturated rings. The number of aryl methyl sites for hydroxylation is 1. The van der Waals surface area contributed by atoms with Crippen LogP contribution in [0.15, 0.2) is 64.6 Å². The molecule has 0 atom stereocenters. The molecule has 0 aliphatic heterocycles. The lowest BCUT2D eigenvalue weighted by Crippen LogP contribution is -2.04. The fraction of sp³-hybridized carbons (Fsp3) is 0.136. The van der Waals surface area contributed by atoms with Crippen molar-refractivity contribution in [2.24, 2.45) is 0 Å². The van der Waals surface area contributed by atoms with Crippen molar-refractivity contribution in [2.75, 3.05) is 6.61 Å². The van der Waals surface area contributed by atoms with E-state index in [-0.39, 0.29) is 5.97 Å². The first kappa shape index (κ1) is 18.8. The van der Waals surface area contributed by atoms with Gasteiger partial charge in [0.05, 0.1) is 34.5 Å². The van der Waals surface area contributed by atoms with Gasteiger partial charge in [-0.05, 0) is 43.7 Å². The SMILES string of the molecule is CCOC(=O)c1cccc(Sc2c(C#N)n(-c3cn[nH]c3)c3cc(C)ccc23)c1. The molecule has 0 saturated heterocycles. The van der Waals surface area contributed by atoms with Gasteiger partial charge in [0.1, 0.15) is 11.8 Å². The number of rotatable bonds is 5. The van der Waals surface area contributed by atoms with Crippen molar-refractivity contribution in [3.63, 3.8) is 0 Å². The van der Waals surface area contributed by atoms with E-state index in [0.29, 0.717) is 17.9 Å². The molecule has 4 rings (SSSR count). The zero-order valence-electron chi connectivity index (χ0n) is 16.0. The monoisotopic (exact) mass is 402 g/mol. The number of carbonyl (C=O) groups excluding carboxylic acids is 1. The fourth-order valence-corrected chi connectivity index (χ4v) is 4.31. The summed E-state index contributed by atoms with van der Waals surface area (Å²) in [6.45, 7) is 4.13. The summed E-state index contributed by atoms with van der Waals surface area (Å²) < 4.78 is 7.01. The van der Waals surface area contributed by atoms with Gasteiger partial charge in [0.15, 0.2) is 0 Å². The molecule has 2 aromatic heterocycles. The molecule has 0 radical (unpaired) electrons. The zero-order chi connectivity index (χ0) is 20.4. The second kappa shape index (κ2) is 7.86. The number of nitrogens with one attached hydrogen (secondary N) is 1. The molecule has 0 bridgehead atoms. The van der Waals surface area contributed by atoms with Crippen LogP contribution in [-0.4, -0.2) is 27.3 Å². The first-order chi connectivity index (χ1) is 14.1. The van der Waals surface area contributed by atoms with Gasteiger partial charge in [-0.1, -0.05) is 30.0 Å². The second-order valence-corrected chi connectivity index (χ2v) is 7.54. The average Bonchev–Trinajstić information content (AvgIpc) is 3.34. The molecule has 4 aromatic rings. The topological polar surface area (TPSA) is 83.7 Å². The maximum absolute atomic E-state index is 12.1. The molecule has 2 heterocycles. The summed E-state index contributed by atoms with van der Waals surface area (Å²) in [5.41, 5.74) is 3.85. The minimum atomic E-state index is -0.355. The van der Waals surface area contributed by atoms with Crippen molar-refractivity contribution in [3.8, 4) is 11.8 Å². The summed E-state index contributed by atoms with van der Waals surface area (Å²) in [5.74, 6) is -0.355. The number of carbonyl (C=O) groups is 1. The molecule has 0 aliphatic rings. The number of esters is 1. The smallest absolute Gasteiger partial charge is 0.338 e. The first-order valence-electron chi connectivity index (χ1n) is 9.11. The van der Waals surface area contributed by atoms with Gasteiger partial charge >= 0.3 is 5.97 Å². The molecule has 29 heavy (non-hydrogen) atoms. The minimum absolute atomic E-state index is 0.326. The van der Waals surface area contributed by atoms with Crippen molar-refractivity contribution < 1.29 is 9.53 Å². The summed E-state index contributed by atoms with van der Waals surface area (Å²) in [6, 6.07) is 15.7. The van der Waals surface area contributed by atoms with Crippen LogP contribution < -0.4 is 0 Å². The van der Waals surface area contributed by atoms with Crippen LogP contribution in [0, 0.1) is 18.3 Å². The van der Waals surface area contributed by atoms with Crippen molar-refractivity contribution >= 4 is 28.6 Å². The summed E-state index contributed by atoms with van der Waals surface area (Å²) >= 11 is 1.46. The summed E-state index contributed by atoms with van der Waals surface area (Å²) in [7, 11) is 0. The maximum atomic E-state index is 12.1. The van der Waals surface area contributed by atoms with Crippen LogP contribution in [-0.2, 0) is 4.74 Å².